The van der Waals surface area contributed by atoms with Crippen LogP contribution in [0.5, 0.6) is 0 Å². The van der Waals surface area contributed by atoms with Crippen molar-refractivity contribution in [1.29, 1.82) is 0 Å². The van der Waals surface area contributed by atoms with Gasteiger partial charge < -0.3 is 5.53 Å². The Morgan fingerprint density at radius 2 is 1.23 bits per heavy atom. The van der Waals surface area contributed by atoms with E-state index in [9.17, 15) is 0 Å². The Labute approximate surface area is 93.6 Å². The molecule has 2 nitrogen and oxygen atoms in total. The van der Waals surface area contributed by atoms with E-state index >= 15 is 0 Å². The van der Waals surface area contributed by atoms with Gasteiger partial charge in [0, 0.05) is 0 Å². The third-order valence-corrected chi connectivity index (χ3v) is 1.91. The Bertz CT molecular complexity index is 100. The smallest absolute Gasteiger partial charge is 0.245 e. The fourth-order valence-corrected chi connectivity index (χ4v) is 0. The number of hydrogen-bond donors (Lipinski definition) is 2. The topological polar surface area (TPSA) is 36.4 Å². The van der Waals surface area contributed by atoms with Crippen LogP contribution < -0.4 is 0 Å². The van der Waals surface area contributed by atoms with Gasteiger partial charge in [-0.3, -0.25) is 0 Å². The van der Waals surface area contributed by atoms with Crippen LogP contribution in [0.3, 0.4) is 0 Å². The minimum Gasteiger partial charge on any atom is -0.362 e. The zero-order chi connectivity index (χ0) is 11.3. The Kier molecular flexibility index (Phi) is 26.0. The summed E-state index contributed by atoms with van der Waals surface area (Å²) < 4.78 is 0. The van der Waals surface area contributed by atoms with Crippen molar-refractivity contribution in [1.82, 2.24) is 0 Å². The lowest BCUT2D eigenvalue weighted by molar-refractivity contribution is 0.0110. The quantitative estimate of drug-likeness (QED) is 0.311. The second-order valence-corrected chi connectivity index (χ2v) is 4.42. The summed E-state index contributed by atoms with van der Waals surface area (Å²) in [6.45, 7) is 11.1. The second kappa shape index (κ2) is 18.0. The van der Waals surface area contributed by atoms with Crippen molar-refractivity contribution in [3.05, 3.63) is 5.53 Å². The van der Waals surface area contributed by atoms with E-state index in [-0.39, 0.29) is 0 Å². The van der Waals surface area contributed by atoms with Crippen LogP contribution in [0.2, 0.25) is 0 Å². The minimum atomic E-state index is 0.579. The Balaban J connectivity index is -0.000000120. The third-order valence-electron chi connectivity index (χ3n) is 1.18. The molecule has 80 valence electrons. The summed E-state index contributed by atoms with van der Waals surface area (Å²) >= 11 is 8.20. The monoisotopic (exact) mass is 222 g/mol. The lowest BCUT2D eigenvalue weighted by Gasteiger charge is -1.89. The molecular weight excluding hydrogens is 200 g/mol. The van der Waals surface area contributed by atoms with Gasteiger partial charge in [0.15, 0.2) is 0 Å². The molecule has 0 aromatic carbocycles. The Morgan fingerprint density at radius 1 is 1.15 bits per heavy atom. The molecule has 0 rings (SSSR count). The number of hydrogen-bond acceptors (Lipinski definition) is 2. The normalized spacial score (nSPS) is 12.2. The molecule has 0 aromatic heterocycles. The molecule has 13 heavy (non-hydrogen) atoms. The lowest BCUT2D eigenvalue weighted by Crippen LogP contribution is -1.81. The molecule has 2 unspecified atom stereocenters. The fourth-order valence-electron chi connectivity index (χ4n) is 0. The molecule has 0 heterocycles. The molecule has 0 aromatic rings. The summed E-state index contributed by atoms with van der Waals surface area (Å²) in [5.74, 6) is 0. The highest BCUT2D eigenvalue weighted by Gasteiger charge is 1.81. The van der Waals surface area contributed by atoms with Crippen LogP contribution in [-0.4, -0.2) is 22.0 Å². The van der Waals surface area contributed by atoms with Gasteiger partial charge in [-0.25, -0.2) is 0 Å². The standard InChI is InChI=1S/2C4H10S.CH2N2/c2*1-3-4(2)5;1-3-2/h2*4-5H,3H2,1-2H3;1H2. The van der Waals surface area contributed by atoms with E-state index in [4.69, 9.17) is 5.53 Å². The maximum atomic E-state index is 7.08. The largest absolute Gasteiger partial charge is 0.362 e. The maximum absolute atomic E-state index is 7.08. The molecule has 0 bridgehead atoms. The first-order valence-electron chi connectivity index (χ1n) is 4.42. The summed E-state index contributed by atoms with van der Waals surface area (Å²) in [4.78, 5) is 2.25. The molecule has 0 saturated carbocycles. The van der Waals surface area contributed by atoms with Gasteiger partial charge in [-0.05, 0) is 23.3 Å². The molecule has 0 aliphatic heterocycles. The van der Waals surface area contributed by atoms with E-state index in [1.54, 1.807) is 0 Å². The van der Waals surface area contributed by atoms with Crippen LogP contribution >= 0.6 is 25.3 Å². The average molecular weight is 222 g/mol. The van der Waals surface area contributed by atoms with Crippen LogP contribution in [0.1, 0.15) is 40.5 Å². The molecule has 4 heteroatoms. The van der Waals surface area contributed by atoms with Gasteiger partial charge in [0.25, 0.3) is 0 Å². The molecule has 0 fully saturated rings. The highest BCUT2D eigenvalue weighted by atomic mass is 32.1. The van der Waals surface area contributed by atoms with Crippen molar-refractivity contribution in [2.24, 2.45) is 0 Å². The number of nitrogens with zero attached hydrogens (tertiary/aromatic N) is 2. The van der Waals surface area contributed by atoms with E-state index in [2.05, 4.69) is 64.5 Å². The SMILES string of the molecule is C=[N+]=[N-].CCC(C)S.CCC(C)S. The van der Waals surface area contributed by atoms with Crippen LogP contribution in [0.25, 0.3) is 5.53 Å². The van der Waals surface area contributed by atoms with Gasteiger partial charge in [-0.15, -0.1) is 0 Å². The van der Waals surface area contributed by atoms with Crippen molar-refractivity contribution in [2.45, 2.75) is 51.0 Å². The van der Waals surface area contributed by atoms with E-state index in [0.29, 0.717) is 10.5 Å². The predicted octanol–water partition coefficient (Wildman–Crippen LogP) is 3.35. The zero-order valence-corrected chi connectivity index (χ0v) is 10.9. The lowest BCUT2D eigenvalue weighted by atomic mass is 10.4. The highest BCUT2D eigenvalue weighted by molar-refractivity contribution is 7.81. The molecule has 0 saturated heterocycles. The van der Waals surface area contributed by atoms with Crippen molar-refractivity contribution < 1.29 is 4.79 Å². The minimum absolute atomic E-state index is 0.579. The highest BCUT2D eigenvalue weighted by Crippen LogP contribution is 1.94. The van der Waals surface area contributed by atoms with Crippen LogP contribution in [-0.2, 0) is 0 Å². The van der Waals surface area contributed by atoms with Crippen molar-refractivity contribution >= 4 is 32.0 Å². The first kappa shape index (κ1) is 18.8. The van der Waals surface area contributed by atoms with Gasteiger partial charge >= 0.3 is 0 Å². The molecule has 0 aliphatic carbocycles. The zero-order valence-electron chi connectivity index (χ0n) is 9.06. The average Bonchev–Trinajstić information content (AvgIpc) is 2.07. The van der Waals surface area contributed by atoms with E-state index < -0.39 is 0 Å². The third kappa shape index (κ3) is 73.7. The summed E-state index contributed by atoms with van der Waals surface area (Å²) in [7, 11) is 0. The van der Waals surface area contributed by atoms with Crippen molar-refractivity contribution in [2.75, 3.05) is 0 Å². The van der Waals surface area contributed by atoms with E-state index in [1.165, 1.54) is 12.8 Å². The van der Waals surface area contributed by atoms with Gasteiger partial charge in [0.05, 0.1) is 0 Å². The molecule has 0 aliphatic rings. The summed E-state index contributed by atoms with van der Waals surface area (Å²) in [5.41, 5.74) is 7.08. The molecule has 0 N–H and O–H groups in total. The Morgan fingerprint density at radius 3 is 1.23 bits per heavy atom. The summed E-state index contributed by atoms with van der Waals surface area (Å²) in [6.07, 6.45) is 2.34. The molecular formula is C9H22N2S2. The molecule has 0 amide bonds. The van der Waals surface area contributed by atoms with E-state index in [0.717, 1.165) is 0 Å². The van der Waals surface area contributed by atoms with Gasteiger partial charge in [-0.2, -0.15) is 30.0 Å². The maximum Gasteiger partial charge on any atom is 0.245 e. The number of thiol groups is 2. The second-order valence-electron chi connectivity index (χ2n) is 2.66. The molecule has 2 atom stereocenters. The molecule has 0 spiro atoms. The summed E-state index contributed by atoms with van der Waals surface area (Å²) in [6, 6.07) is 0. The first-order valence-corrected chi connectivity index (χ1v) is 5.45. The van der Waals surface area contributed by atoms with Gasteiger partial charge in [0.1, 0.15) is 0 Å². The Hall–Kier alpha value is 0.0800. The van der Waals surface area contributed by atoms with E-state index in [1.807, 2.05) is 0 Å². The molecule has 0 radical (unpaired) electrons. The van der Waals surface area contributed by atoms with Crippen LogP contribution in [0.15, 0.2) is 0 Å². The van der Waals surface area contributed by atoms with Crippen molar-refractivity contribution in [3.63, 3.8) is 0 Å². The van der Waals surface area contributed by atoms with Crippen molar-refractivity contribution in [3.8, 4) is 0 Å². The first-order chi connectivity index (χ1) is 5.95. The van der Waals surface area contributed by atoms with Crippen LogP contribution in [0, 0.1) is 0 Å². The number of rotatable bonds is 2. The summed E-state index contributed by atoms with van der Waals surface area (Å²) in [5, 5.41) is 1.16. The van der Waals surface area contributed by atoms with Gasteiger partial charge in [0.2, 0.25) is 6.72 Å². The van der Waals surface area contributed by atoms with Gasteiger partial charge in [-0.1, -0.05) is 27.7 Å². The van der Waals surface area contributed by atoms with Crippen LogP contribution in [0.4, 0.5) is 0 Å². The predicted molar refractivity (Wildman–Crippen MR) is 68.2 cm³/mol. The fraction of sp³-hybridized carbons (Fsp3) is 0.889.